The van der Waals surface area contributed by atoms with Gasteiger partial charge >= 0.3 is 0 Å². The lowest BCUT2D eigenvalue weighted by Gasteiger charge is -2.11. The lowest BCUT2D eigenvalue weighted by molar-refractivity contribution is 0.0153. The highest BCUT2D eigenvalue weighted by Crippen LogP contribution is 2.03. The van der Waals surface area contributed by atoms with E-state index in [1.165, 1.54) is 0 Å². The first-order chi connectivity index (χ1) is 4.85. The van der Waals surface area contributed by atoms with E-state index in [9.17, 15) is 0 Å². The fraction of sp³-hybridized carbons (Fsp3) is 1.00. The van der Waals surface area contributed by atoms with Gasteiger partial charge in [-0.3, -0.25) is 0 Å². The summed E-state index contributed by atoms with van der Waals surface area (Å²) in [5.41, 5.74) is 0. The molecule has 0 aromatic rings. The molecule has 0 rings (SSSR count). The first kappa shape index (κ1) is 9.84. The Labute approximate surface area is 61.4 Å². The van der Waals surface area contributed by atoms with Crippen molar-refractivity contribution >= 4 is 0 Å². The van der Waals surface area contributed by atoms with E-state index in [0.717, 1.165) is 19.3 Å². The molecular formula is C6H16N2O2. The lowest BCUT2D eigenvalue weighted by Crippen LogP contribution is -2.20. The maximum atomic E-state index is 5.00. The molecule has 0 aliphatic heterocycles. The Morgan fingerprint density at radius 3 is 2.40 bits per heavy atom. The molecule has 0 bridgehead atoms. The van der Waals surface area contributed by atoms with Crippen LogP contribution in [-0.4, -0.2) is 12.7 Å². The predicted octanol–water partition coefficient (Wildman–Crippen LogP) is 0.326. The van der Waals surface area contributed by atoms with E-state index >= 15 is 0 Å². The van der Waals surface area contributed by atoms with Crippen LogP contribution >= 0.6 is 0 Å². The average molecular weight is 148 g/mol. The largest absolute Gasteiger partial charge is 0.305 e. The quantitative estimate of drug-likeness (QED) is 0.532. The summed E-state index contributed by atoms with van der Waals surface area (Å²) < 4.78 is 0. The van der Waals surface area contributed by atoms with Gasteiger partial charge in [-0.25, -0.2) is 11.8 Å². The van der Waals surface area contributed by atoms with E-state index in [2.05, 4.69) is 16.6 Å². The minimum atomic E-state index is 0.0912. The van der Waals surface area contributed by atoms with Gasteiger partial charge in [0, 0.05) is 6.42 Å². The summed E-state index contributed by atoms with van der Waals surface area (Å²) in [5, 5.41) is 0. The van der Waals surface area contributed by atoms with Crippen molar-refractivity contribution in [3.63, 3.8) is 0 Å². The summed E-state index contributed by atoms with van der Waals surface area (Å²) in [7, 11) is 0. The van der Waals surface area contributed by atoms with Crippen molar-refractivity contribution in [3.05, 3.63) is 0 Å². The van der Waals surface area contributed by atoms with Crippen LogP contribution in [0.5, 0.6) is 0 Å². The van der Waals surface area contributed by atoms with Crippen molar-refractivity contribution in [2.24, 2.45) is 11.8 Å². The standard InChI is InChI=1S/C6H16N2O2/c1-2-3-6(10-8)4-5-9-7/h6H,2-5,7-8H2,1H3. The van der Waals surface area contributed by atoms with Gasteiger partial charge in [-0.1, -0.05) is 13.3 Å². The monoisotopic (exact) mass is 148 g/mol. The third kappa shape index (κ3) is 4.69. The molecule has 0 aromatic carbocycles. The second kappa shape index (κ2) is 6.95. The summed E-state index contributed by atoms with van der Waals surface area (Å²) >= 11 is 0. The zero-order valence-corrected chi connectivity index (χ0v) is 6.38. The van der Waals surface area contributed by atoms with Crippen molar-refractivity contribution < 1.29 is 9.68 Å². The number of nitrogens with two attached hydrogens (primary N) is 2. The third-order valence-corrected chi connectivity index (χ3v) is 1.36. The van der Waals surface area contributed by atoms with Crippen LogP contribution in [0.4, 0.5) is 0 Å². The van der Waals surface area contributed by atoms with Crippen LogP contribution in [0.2, 0.25) is 0 Å². The molecule has 0 aliphatic rings. The first-order valence-corrected chi connectivity index (χ1v) is 3.52. The molecule has 0 aromatic heterocycles. The van der Waals surface area contributed by atoms with Crippen molar-refractivity contribution in [1.29, 1.82) is 0 Å². The lowest BCUT2D eigenvalue weighted by atomic mass is 10.1. The molecule has 1 atom stereocenters. The van der Waals surface area contributed by atoms with Gasteiger partial charge in [0.2, 0.25) is 0 Å². The first-order valence-electron chi connectivity index (χ1n) is 3.52. The molecule has 10 heavy (non-hydrogen) atoms. The van der Waals surface area contributed by atoms with Crippen molar-refractivity contribution in [2.45, 2.75) is 32.3 Å². The molecule has 4 heteroatoms. The van der Waals surface area contributed by atoms with Crippen LogP contribution in [0.1, 0.15) is 26.2 Å². The Bertz CT molecular complexity index is 70.8. The Balaban J connectivity index is 3.21. The topological polar surface area (TPSA) is 70.5 Å². The smallest absolute Gasteiger partial charge is 0.0810 e. The third-order valence-electron chi connectivity index (χ3n) is 1.36. The number of hydrogen-bond donors (Lipinski definition) is 2. The molecule has 1 unspecified atom stereocenters. The van der Waals surface area contributed by atoms with Gasteiger partial charge in [0.05, 0.1) is 12.7 Å². The van der Waals surface area contributed by atoms with Gasteiger partial charge in [-0.05, 0) is 6.42 Å². The normalized spacial score (nSPS) is 13.5. The Kier molecular flexibility index (Phi) is 6.84. The molecule has 0 amide bonds. The summed E-state index contributed by atoms with van der Waals surface area (Å²) in [5.74, 6) is 9.83. The summed E-state index contributed by atoms with van der Waals surface area (Å²) in [4.78, 5) is 9.04. The van der Waals surface area contributed by atoms with Gasteiger partial charge < -0.3 is 9.68 Å². The highest BCUT2D eigenvalue weighted by atomic mass is 16.6. The predicted molar refractivity (Wildman–Crippen MR) is 38.7 cm³/mol. The van der Waals surface area contributed by atoms with E-state index in [1.807, 2.05) is 0 Å². The second-order valence-corrected chi connectivity index (χ2v) is 2.21. The highest BCUT2D eigenvalue weighted by Gasteiger charge is 2.05. The average Bonchev–Trinajstić information content (AvgIpc) is 1.98. The van der Waals surface area contributed by atoms with Gasteiger partial charge in [-0.2, -0.15) is 0 Å². The molecule has 0 heterocycles. The molecule has 0 fully saturated rings. The minimum absolute atomic E-state index is 0.0912. The minimum Gasteiger partial charge on any atom is -0.305 e. The molecule has 62 valence electrons. The molecule has 0 saturated heterocycles. The number of hydrogen-bond acceptors (Lipinski definition) is 4. The fourth-order valence-corrected chi connectivity index (χ4v) is 0.802. The molecular weight excluding hydrogens is 132 g/mol. The van der Waals surface area contributed by atoms with E-state index in [1.54, 1.807) is 0 Å². The van der Waals surface area contributed by atoms with Crippen molar-refractivity contribution in [2.75, 3.05) is 6.61 Å². The van der Waals surface area contributed by atoms with Crippen LogP contribution in [0.25, 0.3) is 0 Å². The maximum Gasteiger partial charge on any atom is 0.0810 e. The second-order valence-electron chi connectivity index (χ2n) is 2.21. The summed E-state index contributed by atoms with van der Waals surface area (Å²) in [6.07, 6.45) is 2.88. The summed E-state index contributed by atoms with van der Waals surface area (Å²) in [6.45, 7) is 2.58. The van der Waals surface area contributed by atoms with Gasteiger partial charge in [0.1, 0.15) is 0 Å². The SMILES string of the molecule is CCCC(CCON)ON. The zero-order chi connectivity index (χ0) is 7.82. The Morgan fingerprint density at radius 2 is 2.00 bits per heavy atom. The van der Waals surface area contributed by atoms with E-state index in [-0.39, 0.29) is 6.10 Å². The zero-order valence-electron chi connectivity index (χ0n) is 6.38. The van der Waals surface area contributed by atoms with Crippen LogP contribution in [0, 0.1) is 0 Å². The van der Waals surface area contributed by atoms with Crippen LogP contribution in [-0.2, 0) is 9.68 Å². The number of rotatable bonds is 6. The summed E-state index contributed by atoms with van der Waals surface area (Å²) in [6, 6.07) is 0. The molecule has 0 radical (unpaired) electrons. The Hall–Kier alpha value is -0.160. The Morgan fingerprint density at radius 1 is 1.30 bits per heavy atom. The fourth-order valence-electron chi connectivity index (χ4n) is 0.802. The molecule has 0 saturated carbocycles. The van der Waals surface area contributed by atoms with Crippen molar-refractivity contribution in [1.82, 2.24) is 0 Å². The van der Waals surface area contributed by atoms with Gasteiger partial charge in [-0.15, -0.1) is 0 Å². The van der Waals surface area contributed by atoms with Crippen LogP contribution in [0.15, 0.2) is 0 Å². The van der Waals surface area contributed by atoms with Crippen LogP contribution in [0.3, 0.4) is 0 Å². The van der Waals surface area contributed by atoms with E-state index in [0.29, 0.717) is 6.61 Å². The van der Waals surface area contributed by atoms with Gasteiger partial charge in [0.25, 0.3) is 0 Å². The highest BCUT2D eigenvalue weighted by molar-refractivity contribution is 4.54. The maximum absolute atomic E-state index is 5.00. The molecule has 4 N–H and O–H groups in total. The van der Waals surface area contributed by atoms with Crippen LogP contribution < -0.4 is 11.8 Å². The van der Waals surface area contributed by atoms with E-state index in [4.69, 9.17) is 11.8 Å². The molecule has 4 nitrogen and oxygen atoms in total. The van der Waals surface area contributed by atoms with E-state index < -0.39 is 0 Å². The van der Waals surface area contributed by atoms with Crippen molar-refractivity contribution in [3.8, 4) is 0 Å². The molecule has 0 aliphatic carbocycles. The van der Waals surface area contributed by atoms with Gasteiger partial charge in [0.15, 0.2) is 0 Å². The molecule has 0 spiro atoms.